The van der Waals surface area contributed by atoms with Crippen molar-refractivity contribution < 1.29 is 27.6 Å². The molecule has 3 amide bonds. The average molecular weight is 492 g/mol. The molecule has 1 saturated heterocycles. The van der Waals surface area contributed by atoms with Gasteiger partial charge in [0.05, 0.1) is 11.6 Å². The van der Waals surface area contributed by atoms with Crippen LogP contribution in [0.4, 0.5) is 13.2 Å². The summed E-state index contributed by atoms with van der Waals surface area (Å²) in [5.41, 5.74) is -1.07. The van der Waals surface area contributed by atoms with Crippen molar-refractivity contribution in [3.8, 4) is 6.07 Å². The largest absolute Gasteiger partial charge is 0.416 e. The number of fused-ring (bicyclic) bond motifs is 1. The summed E-state index contributed by atoms with van der Waals surface area (Å²) in [5, 5.41) is 17.8. The van der Waals surface area contributed by atoms with Gasteiger partial charge in [-0.25, -0.2) is 0 Å². The van der Waals surface area contributed by atoms with E-state index in [9.17, 15) is 32.8 Å². The number of H-pyrrole nitrogens is 1. The van der Waals surface area contributed by atoms with Crippen molar-refractivity contribution >= 4 is 28.6 Å². The number of carbonyl (C=O) groups is 3. The fourth-order valence-corrected chi connectivity index (χ4v) is 4.05. The zero-order chi connectivity index (χ0) is 26.0. The van der Waals surface area contributed by atoms with Gasteiger partial charge in [0.15, 0.2) is 0 Å². The van der Waals surface area contributed by atoms with Crippen molar-refractivity contribution in [1.82, 2.24) is 20.9 Å². The number of aromatic amines is 1. The highest BCUT2D eigenvalue weighted by molar-refractivity contribution is 6.00. The first-order valence-corrected chi connectivity index (χ1v) is 11.3. The van der Waals surface area contributed by atoms with E-state index in [1.54, 1.807) is 0 Å². The molecule has 3 atom stereocenters. The second kappa shape index (κ2) is 9.98. The molecule has 3 rings (SSSR count). The highest BCUT2D eigenvalue weighted by Crippen LogP contribution is 2.31. The van der Waals surface area contributed by atoms with Crippen LogP contribution in [0.1, 0.15) is 56.1 Å². The number of aromatic nitrogens is 1. The third-order valence-corrected chi connectivity index (χ3v) is 5.79. The Hall–Kier alpha value is -3.55. The third kappa shape index (κ3) is 6.74. The SMILES string of the molecule is CC(C)(C)C[C@H](NC(=O)c1cc2ccc(C(F)(F)F)cc2[nH]1)C(=O)N[C@H](C#N)C[C@@H]1CCNC1=O. The van der Waals surface area contributed by atoms with E-state index in [1.165, 1.54) is 12.1 Å². The van der Waals surface area contributed by atoms with Crippen molar-refractivity contribution in [2.45, 2.75) is 58.3 Å². The molecule has 0 saturated carbocycles. The summed E-state index contributed by atoms with van der Waals surface area (Å²) in [6, 6.07) is 4.60. The molecule has 0 aliphatic carbocycles. The van der Waals surface area contributed by atoms with Crippen LogP contribution in [0.3, 0.4) is 0 Å². The fraction of sp³-hybridized carbons (Fsp3) is 0.500. The topological polar surface area (TPSA) is 127 Å². The first-order valence-electron chi connectivity index (χ1n) is 11.3. The van der Waals surface area contributed by atoms with E-state index in [-0.39, 0.29) is 41.3 Å². The van der Waals surface area contributed by atoms with E-state index >= 15 is 0 Å². The molecule has 1 aliphatic rings. The van der Waals surface area contributed by atoms with Gasteiger partial charge in [0, 0.05) is 23.4 Å². The van der Waals surface area contributed by atoms with Crippen LogP contribution in [-0.4, -0.2) is 41.3 Å². The summed E-state index contributed by atoms with van der Waals surface area (Å²) in [4.78, 5) is 40.4. The molecule has 0 bridgehead atoms. The zero-order valence-corrected chi connectivity index (χ0v) is 19.7. The minimum absolute atomic E-state index is 0.00509. The molecule has 35 heavy (non-hydrogen) atoms. The lowest BCUT2D eigenvalue weighted by Crippen LogP contribution is -2.51. The number of amides is 3. The van der Waals surface area contributed by atoms with Crippen LogP contribution in [0.5, 0.6) is 0 Å². The molecule has 188 valence electrons. The van der Waals surface area contributed by atoms with Gasteiger partial charge in [-0.05, 0) is 42.9 Å². The third-order valence-electron chi connectivity index (χ3n) is 5.79. The quantitative estimate of drug-likeness (QED) is 0.474. The number of nitrogens with one attached hydrogen (secondary N) is 4. The van der Waals surface area contributed by atoms with Crippen LogP contribution >= 0.6 is 0 Å². The van der Waals surface area contributed by atoms with E-state index in [2.05, 4.69) is 20.9 Å². The smallest absolute Gasteiger partial charge is 0.356 e. The molecule has 11 heteroatoms. The fourth-order valence-electron chi connectivity index (χ4n) is 4.05. The standard InChI is InChI=1S/C24H28F3N5O3/c1-23(2,3)11-19(22(35)30-16(12-28)8-14-6-7-29-20(14)33)32-21(34)18-9-13-4-5-15(24(25,26)27)10-17(13)31-18/h4-5,9-10,14,16,19,31H,6-8,11H2,1-3H3,(H,29,33)(H,30,35)(H,32,34)/t14-,16-,19-/m0/s1. The number of carbonyl (C=O) groups excluding carboxylic acids is 3. The Balaban J connectivity index is 1.75. The van der Waals surface area contributed by atoms with Crippen molar-refractivity contribution in [3.63, 3.8) is 0 Å². The van der Waals surface area contributed by atoms with Crippen molar-refractivity contribution in [2.24, 2.45) is 11.3 Å². The second-order valence-corrected chi connectivity index (χ2v) is 9.98. The molecular weight excluding hydrogens is 463 g/mol. The lowest BCUT2D eigenvalue weighted by molar-refractivity contribution is -0.137. The van der Waals surface area contributed by atoms with E-state index in [0.717, 1.165) is 12.1 Å². The van der Waals surface area contributed by atoms with Crippen LogP contribution < -0.4 is 16.0 Å². The van der Waals surface area contributed by atoms with Gasteiger partial charge >= 0.3 is 6.18 Å². The van der Waals surface area contributed by atoms with Crippen LogP contribution in [-0.2, 0) is 15.8 Å². The Bertz CT molecular complexity index is 1160. The Morgan fingerprint density at radius 3 is 2.49 bits per heavy atom. The molecule has 1 fully saturated rings. The van der Waals surface area contributed by atoms with Gasteiger partial charge < -0.3 is 20.9 Å². The summed E-state index contributed by atoms with van der Waals surface area (Å²) in [6.45, 7) is 6.16. The number of alkyl halides is 3. The first kappa shape index (κ1) is 26.1. The summed E-state index contributed by atoms with van der Waals surface area (Å²) in [6.07, 6.45) is -3.54. The van der Waals surface area contributed by atoms with Gasteiger partial charge in [-0.3, -0.25) is 14.4 Å². The Morgan fingerprint density at radius 1 is 1.20 bits per heavy atom. The van der Waals surface area contributed by atoms with E-state index < -0.39 is 35.6 Å². The normalized spacial score (nSPS) is 18.0. The van der Waals surface area contributed by atoms with Gasteiger partial charge in [-0.2, -0.15) is 18.4 Å². The van der Waals surface area contributed by atoms with Crippen LogP contribution in [0.15, 0.2) is 24.3 Å². The van der Waals surface area contributed by atoms with E-state index in [0.29, 0.717) is 18.4 Å². The zero-order valence-electron chi connectivity index (χ0n) is 19.7. The van der Waals surface area contributed by atoms with Gasteiger partial charge in [0.1, 0.15) is 17.8 Å². The van der Waals surface area contributed by atoms with Crippen LogP contribution in [0.25, 0.3) is 10.9 Å². The van der Waals surface area contributed by atoms with Gasteiger partial charge in [-0.1, -0.05) is 26.8 Å². The van der Waals surface area contributed by atoms with Crippen LogP contribution in [0.2, 0.25) is 0 Å². The van der Waals surface area contributed by atoms with E-state index in [1.807, 2.05) is 26.8 Å². The summed E-state index contributed by atoms with van der Waals surface area (Å²) >= 11 is 0. The summed E-state index contributed by atoms with van der Waals surface area (Å²) < 4.78 is 39.0. The number of rotatable bonds is 7. The summed E-state index contributed by atoms with van der Waals surface area (Å²) in [7, 11) is 0. The van der Waals surface area contributed by atoms with Crippen molar-refractivity contribution in [1.29, 1.82) is 5.26 Å². The highest BCUT2D eigenvalue weighted by atomic mass is 19.4. The van der Waals surface area contributed by atoms with Crippen LogP contribution in [0, 0.1) is 22.7 Å². The molecule has 2 aromatic rings. The number of halogens is 3. The minimum Gasteiger partial charge on any atom is -0.356 e. The summed E-state index contributed by atoms with van der Waals surface area (Å²) in [5.74, 6) is -1.77. The van der Waals surface area contributed by atoms with Gasteiger partial charge in [0.25, 0.3) is 5.91 Å². The highest BCUT2D eigenvalue weighted by Gasteiger charge is 2.33. The molecule has 1 aromatic carbocycles. The van der Waals surface area contributed by atoms with Crippen molar-refractivity contribution in [3.05, 3.63) is 35.5 Å². The monoisotopic (exact) mass is 491 g/mol. The molecule has 0 unspecified atom stereocenters. The Kier molecular flexibility index (Phi) is 7.43. The number of nitriles is 1. The maximum Gasteiger partial charge on any atom is 0.416 e. The van der Waals surface area contributed by atoms with Gasteiger partial charge in [0.2, 0.25) is 11.8 Å². The van der Waals surface area contributed by atoms with Gasteiger partial charge in [-0.15, -0.1) is 0 Å². The average Bonchev–Trinajstić information content (AvgIpc) is 3.36. The minimum atomic E-state index is -4.52. The predicted molar refractivity (Wildman–Crippen MR) is 122 cm³/mol. The number of hydrogen-bond acceptors (Lipinski definition) is 4. The number of hydrogen-bond donors (Lipinski definition) is 4. The molecule has 0 spiro atoms. The number of nitrogens with zero attached hydrogens (tertiary/aromatic N) is 1. The molecular formula is C24H28F3N5O3. The van der Waals surface area contributed by atoms with E-state index in [4.69, 9.17) is 0 Å². The molecule has 8 nitrogen and oxygen atoms in total. The molecule has 1 aromatic heterocycles. The molecule has 2 heterocycles. The second-order valence-electron chi connectivity index (χ2n) is 9.98. The number of benzene rings is 1. The molecule has 4 N–H and O–H groups in total. The Labute approximate surface area is 200 Å². The maximum atomic E-state index is 13.0. The Morgan fingerprint density at radius 2 is 1.91 bits per heavy atom. The lowest BCUT2D eigenvalue weighted by atomic mass is 9.87. The molecule has 0 radical (unpaired) electrons. The predicted octanol–water partition coefficient (Wildman–Crippen LogP) is 3.26. The first-order chi connectivity index (χ1) is 16.3. The van der Waals surface area contributed by atoms with Crippen molar-refractivity contribution in [2.75, 3.05) is 6.54 Å². The lowest BCUT2D eigenvalue weighted by Gasteiger charge is -2.27. The maximum absolute atomic E-state index is 13.0. The molecule has 1 aliphatic heterocycles.